The van der Waals surface area contributed by atoms with E-state index in [1.807, 2.05) is 6.07 Å². The third kappa shape index (κ3) is 3.10. The summed E-state index contributed by atoms with van der Waals surface area (Å²) in [5.41, 5.74) is 0.668. The predicted octanol–water partition coefficient (Wildman–Crippen LogP) is 2.73. The summed E-state index contributed by atoms with van der Waals surface area (Å²) < 4.78 is 10.2. The van der Waals surface area contributed by atoms with Gasteiger partial charge in [-0.15, -0.1) is 0 Å². The second kappa shape index (κ2) is 6.26. The number of ether oxygens (including phenoxy) is 1. The maximum atomic E-state index is 12.1. The molecule has 1 N–H and O–H groups in total. The highest BCUT2D eigenvalue weighted by atomic mass is 16.5. The number of benzene rings is 2. The summed E-state index contributed by atoms with van der Waals surface area (Å²) >= 11 is 0. The van der Waals surface area contributed by atoms with Crippen LogP contribution >= 0.6 is 0 Å². The van der Waals surface area contributed by atoms with E-state index in [4.69, 9.17) is 14.4 Å². The molecule has 0 radical (unpaired) electrons. The van der Waals surface area contributed by atoms with Crippen LogP contribution in [0.25, 0.3) is 11.0 Å². The molecule has 0 atom stereocenters. The summed E-state index contributed by atoms with van der Waals surface area (Å²) in [5, 5.41) is 18.9. The number of carbonyl (C=O) groups is 1. The van der Waals surface area contributed by atoms with Gasteiger partial charge in [-0.2, -0.15) is 5.26 Å². The van der Waals surface area contributed by atoms with Crippen LogP contribution in [0.5, 0.6) is 5.75 Å². The molecule has 6 nitrogen and oxygen atoms in total. The number of esters is 1. The highest BCUT2D eigenvalue weighted by Gasteiger charge is 2.11. The molecule has 2 aromatic carbocycles. The Morgan fingerprint density at radius 2 is 2.04 bits per heavy atom. The van der Waals surface area contributed by atoms with Crippen LogP contribution in [-0.4, -0.2) is 11.1 Å². The maximum absolute atomic E-state index is 12.1. The molecule has 0 aliphatic heterocycles. The molecule has 3 rings (SSSR count). The smallest absolute Gasteiger partial charge is 0.338 e. The molecule has 1 aromatic heterocycles. The van der Waals surface area contributed by atoms with Gasteiger partial charge in [0.15, 0.2) is 0 Å². The van der Waals surface area contributed by atoms with Crippen LogP contribution in [-0.2, 0) is 11.3 Å². The molecular weight excluding hydrogens is 310 g/mol. The lowest BCUT2D eigenvalue weighted by Gasteiger charge is -2.07. The lowest BCUT2D eigenvalue weighted by Crippen LogP contribution is -2.08. The van der Waals surface area contributed by atoms with Crippen molar-refractivity contribution in [1.82, 2.24) is 0 Å². The Balaban J connectivity index is 1.86. The van der Waals surface area contributed by atoms with Gasteiger partial charge in [-0.1, -0.05) is 6.07 Å². The summed E-state index contributed by atoms with van der Waals surface area (Å²) in [6.45, 7) is -0.136. The molecular formula is C18H11NO5. The van der Waals surface area contributed by atoms with Gasteiger partial charge in [-0.05, 0) is 30.3 Å². The summed E-state index contributed by atoms with van der Waals surface area (Å²) in [6, 6.07) is 13.7. The Morgan fingerprint density at radius 3 is 2.83 bits per heavy atom. The van der Waals surface area contributed by atoms with E-state index < -0.39 is 11.6 Å². The monoisotopic (exact) mass is 321 g/mol. The lowest BCUT2D eigenvalue weighted by molar-refractivity contribution is 0.0473. The van der Waals surface area contributed by atoms with Gasteiger partial charge in [0.05, 0.1) is 17.2 Å². The SMILES string of the molecule is N#Cc1cccc(C(=O)OCc2cc(=O)oc3cc(O)ccc23)c1. The Hall–Kier alpha value is -3.59. The molecule has 3 aromatic rings. The van der Waals surface area contributed by atoms with E-state index in [0.717, 1.165) is 0 Å². The van der Waals surface area contributed by atoms with E-state index in [1.54, 1.807) is 24.3 Å². The minimum absolute atomic E-state index is 0.0342. The summed E-state index contributed by atoms with van der Waals surface area (Å²) in [7, 11) is 0. The number of rotatable bonds is 3. The highest BCUT2D eigenvalue weighted by molar-refractivity contribution is 5.90. The Bertz CT molecular complexity index is 1030. The molecule has 24 heavy (non-hydrogen) atoms. The van der Waals surface area contributed by atoms with Crippen molar-refractivity contribution in [2.24, 2.45) is 0 Å². The largest absolute Gasteiger partial charge is 0.508 e. The Labute approximate surface area is 136 Å². The topological polar surface area (TPSA) is 101 Å². The average molecular weight is 321 g/mol. The molecule has 0 spiro atoms. The Kier molecular flexibility index (Phi) is 4.00. The van der Waals surface area contributed by atoms with E-state index in [1.165, 1.54) is 24.3 Å². The first-order valence-electron chi connectivity index (χ1n) is 7.00. The maximum Gasteiger partial charge on any atom is 0.338 e. The number of nitriles is 1. The first kappa shape index (κ1) is 15.3. The van der Waals surface area contributed by atoms with E-state index in [9.17, 15) is 14.7 Å². The normalized spacial score (nSPS) is 10.3. The van der Waals surface area contributed by atoms with Gasteiger partial charge in [0.25, 0.3) is 0 Å². The van der Waals surface area contributed by atoms with Crippen molar-refractivity contribution in [1.29, 1.82) is 5.26 Å². The van der Waals surface area contributed by atoms with Crippen molar-refractivity contribution in [3.05, 3.63) is 75.6 Å². The van der Waals surface area contributed by atoms with E-state index >= 15 is 0 Å². The van der Waals surface area contributed by atoms with E-state index in [0.29, 0.717) is 16.5 Å². The van der Waals surface area contributed by atoms with E-state index in [2.05, 4.69) is 0 Å². The second-order valence-electron chi connectivity index (χ2n) is 5.04. The van der Waals surface area contributed by atoms with Crippen molar-refractivity contribution < 1.29 is 19.1 Å². The molecule has 0 aliphatic carbocycles. The zero-order valence-corrected chi connectivity index (χ0v) is 12.4. The first-order chi connectivity index (χ1) is 11.6. The number of nitrogens with zero attached hydrogens (tertiary/aromatic N) is 1. The number of aromatic hydroxyl groups is 1. The molecule has 0 fully saturated rings. The number of phenolic OH excluding ortho intramolecular Hbond substituents is 1. The minimum Gasteiger partial charge on any atom is -0.508 e. The van der Waals surface area contributed by atoms with E-state index in [-0.39, 0.29) is 23.5 Å². The minimum atomic E-state index is -0.606. The summed E-state index contributed by atoms with van der Waals surface area (Å²) in [5.74, 6) is -0.639. The number of fused-ring (bicyclic) bond motifs is 1. The first-order valence-corrected chi connectivity index (χ1v) is 7.00. The fraction of sp³-hybridized carbons (Fsp3) is 0.0556. The lowest BCUT2D eigenvalue weighted by atomic mass is 10.1. The zero-order chi connectivity index (χ0) is 17.1. The van der Waals surface area contributed by atoms with Crippen molar-refractivity contribution in [2.45, 2.75) is 6.61 Å². The zero-order valence-electron chi connectivity index (χ0n) is 12.4. The van der Waals surface area contributed by atoms with Gasteiger partial charge in [0.2, 0.25) is 0 Å². The van der Waals surface area contributed by atoms with Gasteiger partial charge in [0.1, 0.15) is 17.9 Å². The van der Waals surface area contributed by atoms with Crippen LogP contribution in [0.3, 0.4) is 0 Å². The van der Waals surface area contributed by atoms with Gasteiger partial charge in [0, 0.05) is 23.1 Å². The molecule has 0 aliphatic rings. The molecule has 6 heteroatoms. The van der Waals surface area contributed by atoms with Gasteiger partial charge in [-0.25, -0.2) is 9.59 Å². The Morgan fingerprint density at radius 1 is 1.21 bits per heavy atom. The molecule has 0 amide bonds. The second-order valence-corrected chi connectivity index (χ2v) is 5.04. The van der Waals surface area contributed by atoms with Crippen LogP contribution in [0.15, 0.2) is 57.7 Å². The quantitative estimate of drug-likeness (QED) is 0.588. The fourth-order valence-electron chi connectivity index (χ4n) is 2.28. The summed E-state index contributed by atoms with van der Waals surface area (Å²) in [6.07, 6.45) is 0. The number of carbonyl (C=O) groups excluding carboxylic acids is 1. The van der Waals surface area contributed by atoms with Crippen molar-refractivity contribution in [3.8, 4) is 11.8 Å². The predicted molar refractivity (Wildman–Crippen MR) is 84.4 cm³/mol. The fourth-order valence-corrected chi connectivity index (χ4v) is 2.28. The van der Waals surface area contributed by atoms with Crippen LogP contribution in [0.4, 0.5) is 0 Å². The molecule has 118 valence electrons. The highest BCUT2D eigenvalue weighted by Crippen LogP contribution is 2.22. The van der Waals surface area contributed by atoms with Gasteiger partial charge in [-0.3, -0.25) is 0 Å². The van der Waals surface area contributed by atoms with Crippen molar-refractivity contribution in [2.75, 3.05) is 0 Å². The molecule has 0 saturated heterocycles. The number of hydrogen-bond acceptors (Lipinski definition) is 6. The van der Waals surface area contributed by atoms with Gasteiger partial charge < -0.3 is 14.3 Å². The van der Waals surface area contributed by atoms with Crippen molar-refractivity contribution in [3.63, 3.8) is 0 Å². The molecule has 1 heterocycles. The van der Waals surface area contributed by atoms with Crippen LogP contribution in [0.1, 0.15) is 21.5 Å². The third-order valence-corrected chi connectivity index (χ3v) is 3.40. The standard InChI is InChI=1S/C18H11NO5/c19-9-11-2-1-3-12(6-11)18(22)23-10-13-7-17(21)24-16-8-14(20)4-5-15(13)16/h1-8,20H,10H2. The van der Waals surface area contributed by atoms with Crippen LogP contribution in [0.2, 0.25) is 0 Å². The number of phenols is 1. The molecule has 0 bridgehead atoms. The van der Waals surface area contributed by atoms with Gasteiger partial charge >= 0.3 is 11.6 Å². The third-order valence-electron chi connectivity index (χ3n) is 3.40. The summed E-state index contributed by atoms with van der Waals surface area (Å²) in [4.78, 5) is 23.7. The number of hydrogen-bond donors (Lipinski definition) is 1. The molecule has 0 saturated carbocycles. The van der Waals surface area contributed by atoms with Crippen LogP contribution in [0, 0.1) is 11.3 Å². The van der Waals surface area contributed by atoms with Crippen LogP contribution < -0.4 is 5.63 Å². The average Bonchev–Trinajstić information content (AvgIpc) is 2.58. The molecule has 0 unspecified atom stereocenters. The van der Waals surface area contributed by atoms with Crippen molar-refractivity contribution >= 4 is 16.9 Å².